The van der Waals surface area contributed by atoms with E-state index in [0.717, 1.165) is 12.8 Å². The van der Waals surface area contributed by atoms with Crippen molar-refractivity contribution in [2.45, 2.75) is 45.1 Å². The molecule has 1 saturated carbocycles. The number of hydrogen-bond donors (Lipinski definition) is 0. The Balaban J connectivity index is 2.06. The summed E-state index contributed by atoms with van der Waals surface area (Å²) >= 11 is 0. The van der Waals surface area contributed by atoms with E-state index in [2.05, 4.69) is 6.92 Å². The van der Waals surface area contributed by atoms with E-state index in [1.807, 2.05) is 0 Å². The lowest BCUT2D eigenvalue weighted by molar-refractivity contribution is 0.108. The van der Waals surface area contributed by atoms with Crippen molar-refractivity contribution < 1.29 is 13.9 Å². The van der Waals surface area contributed by atoms with Crippen molar-refractivity contribution in [1.29, 1.82) is 0 Å². The molecule has 2 unspecified atom stereocenters. The van der Waals surface area contributed by atoms with E-state index < -0.39 is 5.82 Å². The second-order valence-electron chi connectivity index (χ2n) is 4.98. The number of carbonyl (C=O) groups excluding carboxylic acids is 1. The quantitative estimate of drug-likeness (QED) is 0.755. The SMILES string of the molecule is CCC1CCCC(Oc2ccc(F)cc2C=O)C1. The molecule has 0 heterocycles. The molecule has 0 N–H and O–H groups in total. The fourth-order valence-corrected chi connectivity index (χ4v) is 2.62. The molecule has 0 spiro atoms. The van der Waals surface area contributed by atoms with Gasteiger partial charge in [-0.2, -0.15) is 0 Å². The molecule has 0 aromatic heterocycles. The van der Waals surface area contributed by atoms with Crippen LogP contribution in [0.4, 0.5) is 4.39 Å². The first kappa shape index (κ1) is 13.1. The molecule has 1 aromatic rings. The zero-order valence-electron chi connectivity index (χ0n) is 10.7. The van der Waals surface area contributed by atoms with E-state index in [-0.39, 0.29) is 6.10 Å². The van der Waals surface area contributed by atoms with Crippen LogP contribution in [0.2, 0.25) is 0 Å². The molecule has 0 radical (unpaired) electrons. The number of halogens is 1. The van der Waals surface area contributed by atoms with Crippen molar-refractivity contribution in [3.8, 4) is 5.75 Å². The Kier molecular flexibility index (Phi) is 4.34. The van der Waals surface area contributed by atoms with Gasteiger partial charge in [0.25, 0.3) is 0 Å². The van der Waals surface area contributed by atoms with Crippen molar-refractivity contribution in [3.63, 3.8) is 0 Å². The molecule has 1 aromatic carbocycles. The lowest BCUT2D eigenvalue weighted by Crippen LogP contribution is -2.25. The smallest absolute Gasteiger partial charge is 0.153 e. The van der Waals surface area contributed by atoms with Gasteiger partial charge in [-0.1, -0.05) is 19.8 Å². The van der Waals surface area contributed by atoms with Crippen molar-refractivity contribution in [2.75, 3.05) is 0 Å². The summed E-state index contributed by atoms with van der Waals surface area (Å²) in [5, 5.41) is 0. The van der Waals surface area contributed by atoms with Crippen LogP contribution in [0.1, 0.15) is 49.4 Å². The van der Waals surface area contributed by atoms with Crippen molar-refractivity contribution in [1.82, 2.24) is 0 Å². The van der Waals surface area contributed by atoms with E-state index in [4.69, 9.17) is 4.74 Å². The molecule has 1 aliphatic rings. The normalized spacial score (nSPS) is 23.7. The van der Waals surface area contributed by atoms with Crippen LogP contribution in [-0.2, 0) is 0 Å². The number of rotatable bonds is 4. The molecule has 2 nitrogen and oxygen atoms in total. The molecular formula is C15H19FO2. The lowest BCUT2D eigenvalue weighted by atomic mass is 9.85. The summed E-state index contributed by atoms with van der Waals surface area (Å²) in [6, 6.07) is 4.11. The van der Waals surface area contributed by atoms with Crippen LogP contribution in [0.5, 0.6) is 5.75 Å². The van der Waals surface area contributed by atoms with Crippen molar-refractivity contribution >= 4 is 6.29 Å². The van der Waals surface area contributed by atoms with Crippen LogP contribution in [0.15, 0.2) is 18.2 Å². The third-order valence-corrected chi connectivity index (χ3v) is 3.70. The highest BCUT2D eigenvalue weighted by Gasteiger charge is 2.22. The highest BCUT2D eigenvalue weighted by atomic mass is 19.1. The van der Waals surface area contributed by atoms with E-state index in [1.54, 1.807) is 6.07 Å². The minimum absolute atomic E-state index is 0.160. The maximum absolute atomic E-state index is 13.0. The second kappa shape index (κ2) is 5.98. The molecular weight excluding hydrogens is 231 g/mol. The summed E-state index contributed by atoms with van der Waals surface area (Å²) in [7, 11) is 0. The van der Waals surface area contributed by atoms with Gasteiger partial charge in [0, 0.05) is 0 Å². The van der Waals surface area contributed by atoms with E-state index in [9.17, 15) is 9.18 Å². The molecule has 0 aliphatic heterocycles. The highest BCUT2D eigenvalue weighted by Crippen LogP contribution is 2.30. The van der Waals surface area contributed by atoms with Crippen LogP contribution in [0.25, 0.3) is 0 Å². The Hall–Kier alpha value is -1.38. The van der Waals surface area contributed by atoms with Crippen molar-refractivity contribution in [3.05, 3.63) is 29.6 Å². The Morgan fingerprint density at radius 2 is 2.28 bits per heavy atom. The van der Waals surface area contributed by atoms with Crippen molar-refractivity contribution in [2.24, 2.45) is 5.92 Å². The van der Waals surface area contributed by atoms with E-state index in [0.29, 0.717) is 23.5 Å². The molecule has 0 bridgehead atoms. The summed E-state index contributed by atoms with van der Waals surface area (Å²) in [5.74, 6) is 0.816. The first-order valence-corrected chi connectivity index (χ1v) is 6.64. The molecule has 1 fully saturated rings. The average molecular weight is 250 g/mol. The molecule has 98 valence electrons. The third kappa shape index (κ3) is 3.09. The zero-order chi connectivity index (χ0) is 13.0. The molecule has 2 rings (SSSR count). The van der Waals surface area contributed by atoms with Gasteiger partial charge in [-0.25, -0.2) is 4.39 Å². The molecule has 0 saturated heterocycles. The number of ether oxygens (including phenoxy) is 1. The minimum atomic E-state index is -0.403. The summed E-state index contributed by atoms with van der Waals surface area (Å²) < 4.78 is 18.9. The summed E-state index contributed by atoms with van der Waals surface area (Å²) in [6.07, 6.45) is 6.47. The van der Waals surface area contributed by atoms with Gasteiger partial charge in [0.05, 0.1) is 11.7 Å². The highest BCUT2D eigenvalue weighted by molar-refractivity contribution is 5.79. The molecule has 2 atom stereocenters. The van der Waals surface area contributed by atoms with Crippen LogP contribution in [0, 0.1) is 11.7 Å². The van der Waals surface area contributed by atoms with Crippen LogP contribution in [-0.4, -0.2) is 12.4 Å². The molecule has 18 heavy (non-hydrogen) atoms. The monoisotopic (exact) mass is 250 g/mol. The Morgan fingerprint density at radius 3 is 3.00 bits per heavy atom. The topological polar surface area (TPSA) is 26.3 Å². The molecule has 0 amide bonds. The van der Waals surface area contributed by atoms with Crippen LogP contribution in [0.3, 0.4) is 0 Å². The van der Waals surface area contributed by atoms with Gasteiger partial charge in [-0.05, 0) is 43.4 Å². The van der Waals surface area contributed by atoms with Gasteiger partial charge in [-0.15, -0.1) is 0 Å². The largest absolute Gasteiger partial charge is 0.490 e. The van der Waals surface area contributed by atoms with Gasteiger partial charge in [-0.3, -0.25) is 4.79 Å². The van der Waals surface area contributed by atoms with Gasteiger partial charge in [0.1, 0.15) is 11.6 Å². The number of hydrogen-bond acceptors (Lipinski definition) is 2. The first-order chi connectivity index (χ1) is 8.72. The zero-order valence-corrected chi connectivity index (χ0v) is 10.7. The van der Waals surface area contributed by atoms with Gasteiger partial charge in [0.15, 0.2) is 6.29 Å². The fourth-order valence-electron chi connectivity index (χ4n) is 2.62. The number of benzene rings is 1. The van der Waals surface area contributed by atoms with Gasteiger partial charge < -0.3 is 4.74 Å². The maximum atomic E-state index is 13.0. The lowest BCUT2D eigenvalue weighted by Gasteiger charge is -2.29. The maximum Gasteiger partial charge on any atom is 0.153 e. The number of aldehydes is 1. The van der Waals surface area contributed by atoms with Crippen LogP contribution >= 0.6 is 0 Å². The predicted molar refractivity (Wildman–Crippen MR) is 68.5 cm³/mol. The predicted octanol–water partition coefficient (Wildman–Crippen LogP) is 3.99. The summed E-state index contributed by atoms with van der Waals surface area (Å²) in [4.78, 5) is 10.9. The standard InChI is InChI=1S/C15H19FO2/c1-2-11-4-3-5-14(8-11)18-15-7-6-13(16)9-12(15)10-17/h6-7,9-11,14H,2-5,8H2,1H3. The fraction of sp³-hybridized carbons (Fsp3) is 0.533. The Morgan fingerprint density at radius 1 is 1.44 bits per heavy atom. The summed E-state index contributed by atoms with van der Waals surface area (Å²) in [5.41, 5.74) is 0.300. The first-order valence-electron chi connectivity index (χ1n) is 6.64. The van der Waals surface area contributed by atoms with E-state index >= 15 is 0 Å². The minimum Gasteiger partial charge on any atom is -0.490 e. The summed E-state index contributed by atoms with van der Waals surface area (Å²) in [6.45, 7) is 2.20. The third-order valence-electron chi connectivity index (χ3n) is 3.70. The molecule has 1 aliphatic carbocycles. The molecule has 3 heteroatoms. The van der Waals surface area contributed by atoms with Gasteiger partial charge >= 0.3 is 0 Å². The Bertz CT molecular complexity index is 417. The van der Waals surface area contributed by atoms with E-state index in [1.165, 1.54) is 31.4 Å². The number of carbonyl (C=O) groups is 1. The second-order valence-corrected chi connectivity index (χ2v) is 4.98. The average Bonchev–Trinajstić information content (AvgIpc) is 2.41. The van der Waals surface area contributed by atoms with Crippen LogP contribution < -0.4 is 4.74 Å². The van der Waals surface area contributed by atoms with Gasteiger partial charge in [0.2, 0.25) is 0 Å². The Labute approximate surface area is 107 Å².